The van der Waals surface area contributed by atoms with E-state index in [9.17, 15) is 0 Å². The molecule has 0 aromatic carbocycles. The van der Waals surface area contributed by atoms with Gasteiger partial charge in [-0.3, -0.25) is 0 Å². The van der Waals surface area contributed by atoms with Gasteiger partial charge in [0.2, 0.25) is 0 Å². The third-order valence-corrected chi connectivity index (χ3v) is 4.01. The molecule has 0 saturated heterocycles. The molecule has 0 amide bonds. The molecule has 0 spiro atoms. The summed E-state index contributed by atoms with van der Waals surface area (Å²) in [4.78, 5) is 3.68. The van der Waals surface area contributed by atoms with Gasteiger partial charge in [0, 0.05) is 17.3 Å². The van der Waals surface area contributed by atoms with Crippen LogP contribution in [0.2, 0.25) is 0 Å². The van der Waals surface area contributed by atoms with Gasteiger partial charge in [0.15, 0.2) is 0 Å². The quantitative estimate of drug-likeness (QED) is 0.653. The van der Waals surface area contributed by atoms with E-state index in [4.69, 9.17) is 0 Å². The summed E-state index contributed by atoms with van der Waals surface area (Å²) in [6.07, 6.45) is 9.84. The van der Waals surface area contributed by atoms with Crippen molar-refractivity contribution in [3.05, 3.63) is 28.6 Å². The maximum Gasteiger partial charge on any atom is 0.0257 e. The van der Waals surface area contributed by atoms with Gasteiger partial charge in [-0.15, -0.1) is 0 Å². The Morgan fingerprint density at radius 3 is 3.00 bits per heavy atom. The summed E-state index contributed by atoms with van der Waals surface area (Å²) in [5.41, 5.74) is 6.17. The predicted octanol–water partition coefficient (Wildman–Crippen LogP) is 3.97. The second-order valence-electron chi connectivity index (χ2n) is 5.18. The fourth-order valence-electron chi connectivity index (χ4n) is 3.17. The molecule has 2 atom stereocenters. The summed E-state index contributed by atoms with van der Waals surface area (Å²) in [6.45, 7) is 4.70. The Labute approximate surface area is 91.6 Å². The van der Waals surface area contributed by atoms with E-state index in [-0.39, 0.29) is 0 Å². The Hall–Kier alpha value is -0.980. The molecule has 0 radical (unpaired) electrons. The lowest BCUT2D eigenvalue weighted by molar-refractivity contribution is 0.585. The third-order valence-electron chi connectivity index (χ3n) is 4.01. The van der Waals surface area contributed by atoms with Crippen LogP contribution >= 0.6 is 0 Å². The van der Waals surface area contributed by atoms with E-state index in [1.165, 1.54) is 42.6 Å². The predicted molar refractivity (Wildman–Crippen MR) is 64.2 cm³/mol. The molecule has 0 bridgehead atoms. The number of allylic oxidation sites excluding steroid dienone is 1. The molecule has 0 aliphatic heterocycles. The standard InChI is InChI=1S/C14H19N/c1-9-5-4-8-12-13(9)11-7-3-6-10(2)14(11)15-12/h3,7,9-10,15H,4-6,8H2,1-2H3. The van der Waals surface area contributed by atoms with Crippen molar-refractivity contribution in [3.63, 3.8) is 0 Å². The molecule has 0 saturated carbocycles. The highest BCUT2D eigenvalue weighted by Gasteiger charge is 2.26. The number of hydrogen-bond acceptors (Lipinski definition) is 0. The van der Waals surface area contributed by atoms with E-state index in [1.54, 1.807) is 5.56 Å². The zero-order chi connectivity index (χ0) is 10.4. The van der Waals surface area contributed by atoms with Gasteiger partial charge in [0.1, 0.15) is 0 Å². The van der Waals surface area contributed by atoms with Gasteiger partial charge in [-0.25, -0.2) is 0 Å². The number of aromatic nitrogens is 1. The van der Waals surface area contributed by atoms with Crippen molar-refractivity contribution in [1.29, 1.82) is 0 Å². The fourth-order valence-corrected chi connectivity index (χ4v) is 3.17. The summed E-state index contributed by atoms with van der Waals surface area (Å²) in [5.74, 6) is 1.44. The van der Waals surface area contributed by atoms with Crippen molar-refractivity contribution in [3.8, 4) is 0 Å². The van der Waals surface area contributed by atoms with E-state index < -0.39 is 0 Å². The average molecular weight is 201 g/mol. The Kier molecular flexibility index (Phi) is 2.01. The minimum Gasteiger partial charge on any atom is -0.361 e. The van der Waals surface area contributed by atoms with Crippen LogP contribution in [0.3, 0.4) is 0 Å². The van der Waals surface area contributed by atoms with E-state index in [0.717, 1.165) is 5.92 Å². The van der Waals surface area contributed by atoms with Crippen molar-refractivity contribution in [2.24, 2.45) is 0 Å². The van der Waals surface area contributed by atoms with Crippen LogP contribution in [-0.4, -0.2) is 4.98 Å². The van der Waals surface area contributed by atoms with Crippen molar-refractivity contribution in [1.82, 2.24) is 4.98 Å². The molecule has 0 fully saturated rings. The summed E-state index contributed by atoms with van der Waals surface area (Å²) < 4.78 is 0. The van der Waals surface area contributed by atoms with Crippen molar-refractivity contribution in [2.75, 3.05) is 0 Å². The fraction of sp³-hybridized carbons (Fsp3) is 0.571. The number of aryl methyl sites for hydroxylation is 1. The number of aromatic amines is 1. The van der Waals surface area contributed by atoms with Crippen molar-refractivity contribution in [2.45, 2.75) is 51.4 Å². The summed E-state index contributed by atoms with van der Waals surface area (Å²) in [6, 6.07) is 0. The highest BCUT2D eigenvalue weighted by atomic mass is 14.8. The highest BCUT2D eigenvalue weighted by molar-refractivity contribution is 5.63. The molecule has 1 heterocycles. The third kappa shape index (κ3) is 1.29. The van der Waals surface area contributed by atoms with Crippen molar-refractivity contribution >= 4 is 6.08 Å². The lowest BCUT2D eigenvalue weighted by Crippen LogP contribution is -2.06. The van der Waals surface area contributed by atoms with Crippen LogP contribution in [0, 0.1) is 0 Å². The van der Waals surface area contributed by atoms with Crippen LogP contribution in [0.1, 0.15) is 67.5 Å². The first-order chi connectivity index (χ1) is 7.27. The molecule has 1 aromatic heterocycles. The lowest BCUT2D eigenvalue weighted by Gasteiger charge is -2.20. The number of H-pyrrole nitrogens is 1. The van der Waals surface area contributed by atoms with E-state index in [1.807, 2.05) is 0 Å². The minimum absolute atomic E-state index is 0.683. The Bertz CT molecular complexity index is 411. The molecule has 2 aliphatic carbocycles. The Morgan fingerprint density at radius 1 is 1.27 bits per heavy atom. The van der Waals surface area contributed by atoms with Gasteiger partial charge in [-0.2, -0.15) is 0 Å². The van der Waals surface area contributed by atoms with Gasteiger partial charge in [-0.05, 0) is 42.7 Å². The number of fused-ring (bicyclic) bond motifs is 3. The number of nitrogens with one attached hydrogen (secondary N) is 1. The zero-order valence-corrected chi connectivity index (χ0v) is 9.64. The molecule has 3 rings (SSSR count). The molecule has 1 heteroatoms. The molecule has 1 nitrogen and oxygen atoms in total. The highest BCUT2D eigenvalue weighted by Crippen LogP contribution is 2.40. The van der Waals surface area contributed by atoms with Crippen LogP contribution in [0.5, 0.6) is 0 Å². The molecule has 2 unspecified atom stereocenters. The maximum atomic E-state index is 3.68. The average Bonchev–Trinajstić information content (AvgIpc) is 2.59. The van der Waals surface area contributed by atoms with Crippen LogP contribution in [-0.2, 0) is 6.42 Å². The van der Waals surface area contributed by atoms with Crippen LogP contribution < -0.4 is 0 Å². The first kappa shape index (κ1) is 9.26. The van der Waals surface area contributed by atoms with Crippen LogP contribution in [0.4, 0.5) is 0 Å². The molecular weight excluding hydrogens is 182 g/mol. The maximum absolute atomic E-state index is 3.68. The van der Waals surface area contributed by atoms with Crippen molar-refractivity contribution < 1.29 is 0 Å². The van der Waals surface area contributed by atoms with Gasteiger partial charge in [-0.1, -0.05) is 26.0 Å². The number of rotatable bonds is 0. The topological polar surface area (TPSA) is 15.8 Å². The lowest BCUT2D eigenvalue weighted by atomic mass is 9.83. The zero-order valence-electron chi connectivity index (χ0n) is 9.64. The first-order valence-electron chi connectivity index (χ1n) is 6.18. The summed E-state index contributed by atoms with van der Waals surface area (Å²) in [7, 11) is 0. The van der Waals surface area contributed by atoms with E-state index in [0.29, 0.717) is 5.92 Å². The molecule has 15 heavy (non-hydrogen) atoms. The van der Waals surface area contributed by atoms with E-state index in [2.05, 4.69) is 31.0 Å². The van der Waals surface area contributed by atoms with Crippen LogP contribution in [0.15, 0.2) is 6.08 Å². The Balaban J connectivity index is 2.18. The summed E-state index contributed by atoms with van der Waals surface area (Å²) in [5, 5.41) is 0. The van der Waals surface area contributed by atoms with E-state index >= 15 is 0 Å². The molecular formula is C14H19N. The van der Waals surface area contributed by atoms with Gasteiger partial charge >= 0.3 is 0 Å². The smallest absolute Gasteiger partial charge is 0.0257 e. The molecule has 80 valence electrons. The monoisotopic (exact) mass is 201 g/mol. The second kappa shape index (κ2) is 3.26. The SMILES string of the molecule is CC1CC=Cc2c1[nH]c1c2C(C)CCC1. The van der Waals surface area contributed by atoms with Crippen LogP contribution in [0.25, 0.3) is 6.08 Å². The second-order valence-corrected chi connectivity index (χ2v) is 5.18. The normalized spacial score (nSPS) is 28.7. The molecule has 2 aliphatic rings. The van der Waals surface area contributed by atoms with Gasteiger partial charge in [0.05, 0.1) is 0 Å². The number of hydrogen-bond donors (Lipinski definition) is 1. The first-order valence-corrected chi connectivity index (χ1v) is 6.18. The van der Waals surface area contributed by atoms with Gasteiger partial charge < -0.3 is 4.98 Å². The molecule has 1 aromatic rings. The largest absolute Gasteiger partial charge is 0.361 e. The summed E-state index contributed by atoms with van der Waals surface area (Å²) >= 11 is 0. The molecule has 1 N–H and O–H groups in total. The van der Waals surface area contributed by atoms with Gasteiger partial charge in [0.25, 0.3) is 0 Å². The Morgan fingerprint density at radius 2 is 2.13 bits per heavy atom. The minimum atomic E-state index is 0.683.